The van der Waals surface area contributed by atoms with Crippen LogP contribution in [0.1, 0.15) is 16.0 Å². The van der Waals surface area contributed by atoms with E-state index >= 15 is 0 Å². The zero-order chi connectivity index (χ0) is 21.8. The fourth-order valence-electron chi connectivity index (χ4n) is 2.58. The number of rotatable bonds is 11. The predicted molar refractivity (Wildman–Crippen MR) is 122 cm³/mol. The van der Waals surface area contributed by atoms with Crippen LogP contribution in [0.4, 0.5) is 0 Å². The van der Waals surface area contributed by atoms with E-state index in [-0.39, 0.29) is 12.5 Å². The van der Waals surface area contributed by atoms with Gasteiger partial charge in [-0.2, -0.15) is 0 Å². The largest absolute Gasteiger partial charge is 0.491 e. The summed E-state index contributed by atoms with van der Waals surface area (Å²) in [6.07, 6.45) is 0.899. The first kappa shape index (κ1) is 23.7. The molecule has 1 heterocycles. The van der Waals surface area contributed by atoms with E-state index in [4.69, 9.17) is 9.47 Å². The van der Waals surface area contributed by atoms with Crippen LogP contribution >= 0.6 is 11.3 Å². The summed E-state index contributed by atoms with van der Waals surface area (Å²) in [6.45, 7) is 4.39. The van der Waals surface area contributed by atoms with Crippen molar-refractivity contribution in [1.82, 2.24) is 15.5 Å². The van der Waals surface area contributed by atoms with Crippen molar-refractivity contribution in [3.05, 3.63) is 51.7 Å². The molecule has 0 aliphatic rings. The average molecular weight is 433 g/mol. The molecule has 0 bridgehead atoms. The topological polar surface area (TPSA) is 75.2 Å². The number of methoxy groups -OCH3 is 1. The Labute approximate surface area is 183 Å². The Morgan fingerprint density at radius 1 is 1.20 bits per heavy atom. The molecule has 2 aromatic rings. The van der Waals surface area contributed by atoms with Gasteiger partial charge in [0.2, 0.25) is 5.91 Å². The first-order valence-corrected chi connectivity index (χ1v) is 10.8. The van der Waals surface area contributed by atoms with Crippen LogP contribution in [0, 0.1) is 6.92 Å². The van der Waals surface area contributed by atoms with E-state index in [9.17, 15) is 4.79 Å². The highest BCUT2D eigenvalue weighted by molar-refractivity contribution is 7.09. The highest BCUT2D eigenvalue weighted by atomic mass is 32.1. The van der Waals surface area contributed by atoms with Crippen molar-refractivity contribution in [2.75, 3.05) is 47.5 Å². The summed E-state index contributed by atoms with van der Waals surface area (Å²) >= 11 is 1.73. The maximum absolute atomic E-state index is 12.0. The van der Waals surface area contributed by atoms with Crippen LogP contribution in [0.15, 0.2) is 40.7 Å². The molecule has 0 saturated carbocycles. The molecule has 1 aromatic heterocycles. The number of carbonyl (C=O) groups is 1. The second-order valence-corrected chi connectivity index (χ2v) is 8.05. The highest BCUT2D eigenvalue weighted by Crippen LogP contribution is 2.21. The highest BCUT2D eigenvalue weighted by Gasteiger charge is 2.08. The van der Waals surface area contributed by atoms with Crippen LogP contribution in [0.2, 0.25) is 0 Å². The summed E-state index contributed by atoms with van der Waals surface area (Å²) in [5.41, 5.74) is 2.11. The number of aliphatic imine (C=N–C) groups is 1. The molecule has 0 fully saturated rings. The Balaban J connectivity index is 2.04. The van der Waals surface area contributed by atoms with E-state index < -0.39 is 0 Å². The number of aryl methyl sites for hydroxylation is 1. The van der Waals surface area contributed by atoms with Crippen molar-refractivity contribution in [1.29, 1.82) is 0 Å². The number of amides is 1. The van der Waals surface area contributed by atoms with Crippen molar-refractivity contribution in [3.63, 3.8) is 0 Å². The molecule has 8 heteroatoms. The second-order valence-electron chi connectivity index (χ2n) is 7.02. The van der Waals surface area contributed by atoms with E-state index in [2.05, 4.69) is 27.1 Å². The lowest BCUT2D eigenvalue weighted by Crippen LogP contribution is -2.43. The van der Waals surface area contributed by atoms with Gasteiger partial charge in [-0.1, -0.05) is 18.2 Å². The molecule has 0 unspecified atom stereocenters. The van der Waals surface area contributed by atoms with Crippen molar-refractivity contribution in [3.8, 4) is 5.75 Å². The number of ether oxygens (including phenoxy) is 2. The van der Waals surface area contributed by atoms with Crippen LogP contribution in [-0.4, -0.2) is 64.3 Å². The van der Waals surface area contributed by atoms with Gasteiger partial charge in [-0.05, 0) is 36.4 Å². The number of nitrogens with one attached hydrogen (secondary N) is 2. The molecular formula is C22H32N4O3S. The first-order chi connectivity index (χ1) is 14.5. The molecule has 30 heavy (non-hydrogen) atoms. The Kier molecular flexibility index (Phi) is 10.2. The number of thiophene rings is 1. The molecule has 7 nitrogen and oxygen atoms in total. The number of guanidine groups is 1. The van der Waals surface area contributed by atoms with Crippen LogP contribution in [0.5, 0.6) is 5.75 Å². The molecule has 0 atom stereocenters. The fourth-order valence-corrected chi connectivity index (χ4v) is 3.29. The number of carbonyl (C=O) groups excluding carboxylic acids is 1. The van der Waals surface area contributed by atoms with Crippen LogP contribution in [0.3, 0.4) is 0 Å². The summed E-state index contributed by atoms with van der Waals surface area (Å²) in [6, 6.07) is 10.2. The summed E-state index contributed by atoms with van der Waals surface area (Å²) in [5.74, 6) is 1.39. The third-order valence-corrected chi connectivity index (χ3v) is 5.26. The minimum atomic E-state index is -0.0123. The average Bonchev–Trinajstić information content (AvgIpc) is 3.24. The van der Waals surface area contributed by atoms with Gasteiger partial charge in [-0.15, -0.1) is 11.3 Å². The van der Waals surface area contributed by atoms with Crippen LogP contribution < -0.4 is 15.4 Å². The molecule has 0 spiro atoms. The Bertz CT molecular complexity index is 807. The van der Waals surface area contributed by atoms with Gasteiger partial charge in [0.25, 0.3) is 0 Å². The second kappa shape index (κ2) is 12.9. The molecule has 0 aliphatic heterocycles. The number of benzene rings is 1. The van der Waals surface area contributed by atoms with Crippen LogP contribution in [-0.2, 0) is 22.5 Å². The van der Waals surface area contributed by atoms with Gasteiger partial charge in [0.15, 0.2) is 5.96 Å². The van der Waals surface area contributed by atoms with Crippen LogP contribution in [0.25, 0.3) is 0 Å². The quantitative estimate of drug-likeness (QED) is 0.324. The number of likely N-dealkylation sites (N-methyl/N-ethyl adjacent to an activating group) is 1. The third-order valence-electron chi connectivity index (χ3n) is 4.33. The number of hydrogen-bond donors (Lipinski definition) is 2. The van der Waals surface area contributed by atoms with E-state index in [1.165, 1.54) is 4.88 Å². The summed E-state index contributed by atoms with van der Waals surface area (Å²) in [4.78, 5) is 19.5. The maximum Gasteiger partial charge on any atom is 0.241 e. The Morgan fingerprint density at radius 2 is 2.03 bits per heavy atom. The van der Waals surface area contributed by atoms with Crippen molar-refractivity contribution < 1.29 is 14.3 Å². The molecular weight excluding hydrogens is 400 g/mol. The molecule has 0 saturated heterocycles. The van der Waals surface area contributed by atoms with Gasteiger partial charge in [-0.3, -0.25) is 4.79 Å². The molecule has 2 N–H and O–H groups in total. The standard InChI is InChI=1S/C22H32N4O3S/c1-17-7-8-18(20(14-17)29-12-11-28-4)15-24-22(25-16-21(27)26(2)3)23-10-9-19-6-5-13-30-19/h5-8,13-14H,9-12,15-16H2,1-4H3,(H2,23,24,25). The fraction of sp³-hybridized carbons (Fsp3) is 0.455. The van der Waals surface area contributed by atoms with Crippen molar-refractivity contribution in [2.24, 2.45) is 4.99 Å². The lowest BCUT2D eigenvalue weighted by atomic mass is 10.1. The Hall–Kier alpha value is -2.58. The lowest BCUT2D eigenvalue weighted by molar-refractivity contribution is -0.127. The molecule has 164 valence electrons. The van der Waals surface area contributed by atoms with Gasteiger partial charge in [-0.25, -0.2) is 4.99 Å². The number of nitrogens with zero attached hydrogens (tertiary/aromatic N) is 2. The van der Waals surface area contributed by atoms with Gasteiger partial charge in [0, 0.05) is 38.2 Å². The SMILES string of the molecule is COCCOc1cc(C)ccc1CN=C(NCCc1cccs1)NCC(=O)N(C)C. The lowest BCUT2D eigenvalue weighted by Gasteiger charge is -2.15. The van der Waals surface area contributed by atoms with Crippen molar-refractivity contribution in [2.45, 2.75) is 19.9 Å². The smallest absolute Gasteiger partial charge is 0.241 e. The molecule has 2 rings (SSSR count). The van der Waals surface area contributed by atoms with E-state index in [1.54, 1.807) is 37.4 Å². The molecule has 0 radical (unpaired) electrons. The normalized spacial score (nSPS) is 11.3. The summed E-state index contributed by atoms with van der Waals surface area (Å²) in [5, 5.41) is 8.51. The summed E-state index contributed by atoms with van der Waals surface area (Å²) in [7, 11) is 5.13. The third kappa shape index (κ3) is 8.42. The van der Waals surface area contributed by atoms with E-state index in [1.807, 2.05) is 31.2 Å². The summed E-state index contributed by atoms with van der Waals surface area (Å²) < 4.78 is 10.9. The minimum Gasteiger partial charge on any atom is -0.491 e. The molecule has 0 aliphatic carbocycles. The van der Waals surface area contributed by atoms with Crippen molar-refractivity contribution >= 4 is 23.2 Å². The van der Waals surface area contributed by atoms with E-state index in [0.29, 0.717) is 25.7 Å². The monoisotopic (exact) mass is 432 g/mol. The minimum absolute atomic E-state index is 0.0123. The zero-order valence-corrected chi connectivity index (χ0v) is 19.1. The van der Waals surface area contributed by atoms with Gasteiger partial charge in [0.05, 0.1) is 19.7 Å². The van der Waals surface area contributed by atoms with Gasteiger partial charge >= 0.3 is 0 Å². The Morgan fingerprint density at radius 3 is 2.73 bits per heavy atom. The molecule has 1 aromatic carbocycles. The maximum atomic E-state index is 12.0. The molecule has 1 amide bonds. The first-order valence-electron chi connectivity index (χ1n) is 9.95. The van der Waals surface area contributed by atoms with Gasteiger partial charge < -0.3 is 25.0 Å². The van der Waals surface area contributed by atoms with Gasteiger partial charge in [0.1, 0.15) is 12.4 Å². The van der Waals surface area contributed by atoms with E-state index in [0.717, 1.165) is 29.8 Å². The zero-order valence-electron chi connectivity index (χ0n) is 18.2. The number of hydrogen-bond acceptors (Lipinski definition) is 5. The predicted octanol–water partition coefficient (Wildman–Crippen LogP) is 2.45.